The van der Waals surface area contributed by atoms with Crippen LogP contribution in [0.1, 0.15) is 33.1 Å². The predicted molar refractivity (Wildman–Crippen MR) is 41.7 cm³/mol. The van der Waals surface area contributed by atoms with Gasteiger partial charge < -0.3 is 10.8 Å². The Bertz CT molecular complexity index is 33.9. The molecule has 9 heavy (non-hydrogen) atoms. The Balaban J connectivity index is 0. The summed E-state index contributed by atoms with van der Waals surface area (Å²) in [6.07, 6.45) is 4.03. The normalized spacial score (nSPS) is 8.67. The smallest absolute Gasteiger partial charge is 0.00490 e. The highest BCUT2D eigenvalue weighted by molar-refractivity contribution is 4.42. The summed E-state index contributed by atoms with van der Waals surface area (Å²) in [5, 5.41) is 3.28. The van der Waals surface area contributed by atoms with E-state index in [1.54, 1.807) is 0 Å². The fraction of sp³-hybridized carbons (Fsp3) is 1.00. The first-order valence-corrected chi connectivity index (χ1v) is 3.62. The van der Waals surface area contributed by atoms with Crippen LogP contribution in [0.2, 0.25) is 0 Å². The molecule has 0 aromatic heterocycles. The van der Waals surface area contributed by atoms with E-state index >= 15 is 0 Å². The predicted octanol–water partition coefficient (Wildman–Crippen LogP) is 0.961. The highest BCUT2D eigenvalue weighted by Gasteiger charge is 1.81. The molecule has 0 amide bonds. The van der Waals surface area contributed by atoms with Gasteiger partial charge in [-0.15, -0.1) is 0 Å². The van der Waals surface area contributed by atoms with Crippen molar-refractivity contribution in [2.45, 2.75) is 33.1 Å². The highest BCUT2D eigenvalue weighted by atomic mass is 16.0. The molecule has 2 nitrogen and oxygen atoms in total. The molecule has 0 unspecified atom stereocenters. The molecule has 0 aliphatic heterocycles. The maximum atomic E-state index is 3.28. The molecule has 58 valence electrons. The number of hydrogen-bond donors (Lipinski definition) is 1. The number of nitrogens with one attached hydrogen (secondary N) is 1. The van der Waals surface area contributed by atoms with Crippen molar-refractivity contribution in [2.24, 2.45) is 0 Å². The summed E-state index contributed by atoms with van der Waals surface area (Å²) in [5.41, 5.74) is 0. The summed E-state index contributed by atoms with van der Waals surface area (Å²) in [5.74, 6) is 0. The van der Waals surface area contributed by atoms with E-state index in [9.17, 15) is 0 Å². The third-order valence-corrected chi connectivity index (χ3v) is 1.21. The van der Waals surface area contributed by atoms with Gasteiger partial charge in [-0.1, -0.05) is 26.7 Å². The minimum Gasteiger partial charge on any atom is -0.412 e. The lowest BCUT2D eigenvalue weighted by molar-refractivity contribution is 0.633. The van der Waals surface area contributed by atoms with Crippen LogP contribution in [0.4, 0.5) is 0 Å². The number of hydrogen-bond acceptors (Lipinski definition) is 1. The van der Waals surface area contributed by atoms with Crippen molar-refractivity contribution >= 4 is 0 Å². The van der Waals surface area contributed by atoms with Gasteiger partial charge >= 0.3 is 0 Å². The van der Waals surface area contributed by atoms with Gasteiger partial charge in [0.1, 0.15) is 0 Å². The summed E-state index contributed by atoms with van der Waals surface area (Å²) in [7, 11) is 0. The van der Waals surface area contributed by atoms with Crippen LogP contribution in [-0.4, -0.2) is 18.6 Å². The molecule has 0 rings (SSSR count). The second-order valence-corrected chi connectivity index (χ2v) is 2.06. The minimum absolute atomic E-state index is 0. The minimum atomic E-state index is 0. The van der Waals surface area contributed by atoms with Crippen molar-refractivity contribution in [2.75, 3.05) is 13.1 Å². The van der Waals surface area contributed by atoms with E-state index in [2.05, 4.69) is 19.2 Å². The number of rotatable bonds is 5. The lowest BCUT2D eigenvalue weighted by Crippen LogP contribution is -2.13. The van der Waals surface area contributed by atoms with Crippen LogP contribution in [-0.2, 0) is 0 Å². The quantitative estimate of drug-likeness (QED) is 0.558. The second kappa shape index (κ2) is 10.8. The Labute approximate surface area is 58.0 Å². The van der Waals surface area contributed by atoms with E-state index < -0.39 is 0 Å². The number of unbranched alkanes of at least 4 members (excludes halogenated alkanes) is 2. The monoisotopic (exact) mass is 133 g/mol. The molecule has 3 N–H and O–H groups in total. The van der Waals surface area contributed by atoms with E-state index in [0.717, 1.165) is 6.54 Å². The summed E-state index contributed by atoms with van der Waals surface area (Å²) >= 11 is 0. The zero-order valence-corrected chi connectivity index (χ0v) is 6.54. The van der Waals surface area contributed by atoms with Gasteiger partial charge in [0, 0.05) is 0 Å². The van der Waals surface area contributed by atoms with Crippen LogP contribution in [0.3, 0.4) is 0 Å². The van der Waals surface area contributed by atoms with Crippen molar-refractivity contribution < 1.29 is 5.48 Å². The van der Waals surface area contributed by atoms with E-state index in [-0.39, 0.29) is 5.48 Å². The zero-order valence-electron chi connectivity index (χ0n) is 6.54. The molecule has 0 atom stereocenters. The molecule has 0 saturated heterocycles. The average molecular weight is 133 g/mol. The molecule has 0 spiro atoms. The average Bonchev–Trinajstić information content (AvgIpc) is 1.81. The SMILES string of the molecule is CCCCCNCC.O. The molecular weight excluding hydrogens is 114 g/mol. The molecular formula is C7H19NO. The molecule has 0 aromatic rings. The Morgan fingerprint density at radius 3 is 2.22 bits per heavy atom. The van der Waals surface area contributed by atoms with Crippen LogP contribution in [0.15, 0.2) is 0 Å². The first kappa shape index (κ1) is 11.7. The van der Waals surface area contributed by atoms with Gasteiger partial charge in [-0.3, -0.25) is 0 Å². The van der Waals surface area contributed by atoms with E-state index in [4.69, 9.17) is 0 Å². The Morgan fingerprint density at radius 2 is 1.78 bits per heavy atom. The standard InChI is InChI=1S/C7H17N.H2O/c1-3-5-6-7-8-4-2;/h8H,3-7H2,1-2H3;1H2. The topological polar surface area (TPSA) is 43.5 Å². The molecule has 0 bridgehead atoms. The van der Waals surface area contributed by atoms with Crippen LogP contribution in [0, 0.1) is 0 Å². The third kappa shape index (κ3) is 11.5. The summed E-state index contributed by atoms with van der Waals surface area (Å²) in [6.45, 7) is 6.69. The fourth-order valence-corrected chi connectivity index (χ4v) is 0.677. The lowest BCUT2D eigenvalue weighted by atomic mass is 10.2. The van der Waals surface area contributed by atoms with Crippen LogP contribution in [0.25, 0.3) is 0 Å². The molecule has 0 saturated carbocycles. The van der Waals surface area contributed by atoms with Gasteiger partial charge in [-0.05, 0) is 19.5 Å². The molecule has 0 aliphatic carbocycles. The first-order valence-electron chi connectivity index (χ1n) is 3.62. The van der Waals surface area contributed by atoms with Crippen molar-refractivity contribution in [1.82, 2.24) is 5.32 Å². The van der Waals surface area contributed by atoms with E-state index in [1.807, 2.05) is 0 Å². The van der Waals surface area contributed by atoms with Gasteiger partial charge in [-0.25, -0.2) is 0 Å². The molecule has 0 heterocycles. The second-order valence-electron chi connectivity index (χ2n) is 2.06. The first-order chi connectivity index (χ1) is 3.91. The molecule has 0 aliphatic rings. The van der Waals surface area contributed by atoms with Crippen LogP contribution < -0.4 is 5.32 Å². The summed E-state index contributed by atoms with van der Waals surface area (Å²) in [6, 6.07) is 0. The Morgan fingerprint density at radius 1 is 1.11 bits per heavy atom. The van der Waals surface area contributed by atoms with Crippen LogP contribution >= 0.6 is 0 Å². The third-order valence-electron chi connectivity index (χ3n) is 1.21. The van der Waals surface area contributed by atoms with Gasteiger partial charge in [-0.2, -0.15) is 0 Å². The van der Waals surface area contributed by atoms with Gasteiger partial charge in [0.2, 0.25) is 0 Å². The Kier molecular flexibility index (Phi) is 14.0. The highest BCUT2D eigenvalue weighted by Crippen LogP contribution is 1.89. The summed E-state index contributed by atoms with van der Waals surface area (Å²) in [4.78, 5) is 0. The largest absolute Gasteiger partial charge is 0.412 e. The fourth-order valence-electron chi connectivity index (χ4n) is 0.677. The van der Waals surface area contributed by atoms with Crippen LogP contribution in [0.5, 0.6) is 0 Å². The van der Waals surface area contributed by atoms with Gasteiger partial charge in [0.15, 0.2) is 0 Å². The Hall–Kier alpha value is -0.0800. The molecule has 0 fully saturated rings. The summed E-state index contributed by atoms with van der Waals surface area (Å²) < 4.78 is 0. The van der Waals surface area contributed by atoms with Gasteiger partial charge in [0.25, 0.3) is 0 Å². The van der Waals surface area contributed by atoms with E-state index in [0.29, 0.717) is 0 Å². The molecule has 2 heteroatoms. The van der Waals surface area contributed by atoms with Crippen molar-refractivity contribution in [3.8, 4) is 0 Å². The zero-order chi connectivity index (χ0) is 6.24. The maximum Gasteiger partial charge on any atom is -0.00490 e. The van der Waals surface area contributed by atoms with Gasteiger partial charge in [0.05, 0.1) is 0 Å². The van der Waals surface area contributed by atoms with Crippen molar-refractivity contribution in [3.63, 3.8) is 0 Å². The lowest BCUT2D eigenvalue weighted by Gasteiger charge is -1.97. The van der Waals surface area contributed by atoms with E-state index in [1.165, 1.54) is 25.8 Å². The maximum absolute atomic E-state index is 3.28. The van der Waals surface area contributed by atoms with Crippen molar-refractivity contribution in [1.29, 1.82) is 0 Å². The molecule has 0 aromatic carbocycles. The molecule has 0 radical (unpaired) electrons. The van der Waals surface area contributed by atoms with Crippen molar-refractivity contribution in [3.05, 3.63) is 0 Å².